The first-order valence-corrected chi connectivity index (χ1v) is 16.5. The Kier molecular flexibility index (Phi) is 23.8. The molecular formula is C29H57NO5S. The van der Waals surface area contributed by atoms with Gasteiger partial charge in [-0.2, -0.15) is 8.42 Å². The molecule has 0 aromatic heterocycles. The summed E-state index contributed by atoms with van der Waals surface area (Å²) >= 11 is 0. The van der Waals surface area contributed by atoms with Crippen molar-refractivity contribution in [1.82, 2.24) is 5.32 Å². The zero-order chi connectivity index (χ0) is 26.9. The van der Waals surface area contributed by atoms with E-state index in [2.05, 4.69) is 31.3 Å². The number of aliphatic hydroxyl groups excluding tert-OH is 1. The van der Waals surface area contributed by atoms with Gasteiger partial charge in [0.1, 0.15) is 0 Å². The van der Waals surface area contributed by atoms with E-state index < -0.39 is 28.0 Å². The summed E-state index contributed by atoms with van der Waals surface area (Å²) in [6.45, 7) is 4.38. The lowest BCUT2D eigenvalue weighted by molar-refractivity contribution is -0.122. The van der Waals surface area contributed by atoms with Crippen LogP contribution in [-0.4, -0.2) is 41.9 Å². The molecule has 0 aliphatic heterocycles. The van der Waals surface area contributed by atoms with E-state index >= 15 is 0 Å². The third-order valence-corrected chi connectivity index (χ3v) is 7.50. The molecule has 6 nitrogen and oxygen atoms in total. The molecule has 0 fully saturated rings. The zero-order valence-corrected chi connectivity index (χ0v) is 24.2. The third-order valence-electron chi connectivity index (χ3n) is 6.72. The first-order chi connectivity index (χ1) is 17.3. The van der Waals surface area contributed by atoms with Gasteiger partial charge < -0.3 is 10.4 Å². The Morgan fingerprint density at radius 2 is 1.17 bits per heavy atom. The van der Waals surface area contributed by atoms with Gasteiger partial charge in [-0.1, -0.05) is 116 Å². The molecule has 0 aromatic carbocycles. The lowest BCUT2D eigenvalue weighted by Crippen LogP contribution is -2.47. The molecule has 0 rings (SSSR count). The van der Waals surface area contributed by atoms with Crippen LogP contribution in [0.5, 0.6) is 0 Å². The second-order valence-electron chi connectivity index (χ2n) is 10.4. The van der Waals surface area contributed by atoms with Crippen molar-refractivity contribution < 1.29 is 22.9 Å². The van der Waals surface area contributed by atoms with E-state index in [0.717, 1.165) is 64.2 Å². The number of hydrogen-bond donors (Lipinski definition) is 3. The van der Waals surface area contributed by atoms with E-state index in [0.29, 0.717) is 12.8 Å². The monoisotopic (exact) mass is 531 g/mol. The highest BCUT2D eigenvalue weighted by Crippen LogP contribution is 2.13. The van der Waals surface area contributed by atoms with Gasteiger partial charge in [0, 0.05) is 6.42 Å². The summed E-state index contributed by atoms with van der Waals surface area (Å²) in [6, 6.07) is -0.966. The van der Waals surface area contributed by atoms with Crippen molar-refractivity contribution in [1.29, 1.82) is 0 Å². The number of rotatable bonds is 26. The number of allylic oxidation sites excluding steroid dienone is 2. The van der Waals surface area contributed by atoms with E-state index in [1.807, 2.05) is 0 Å². The fourth-order valence-electron chi connectivity index (χ4n) is 4.45. The minimum atomic E-state index is -4.29. The summed E-state index contributed by atoms with van der Waals surface area (Å²) in [7, 11) is -4.29. The number of amides is 1. The molecule has 0 saturated carbocycles. The van der Waals surface area contributed by atoms with Crippen LogP contribution in [0.15, 0.2) is 12.2 Å². The van der Waals surface area contributed by atoms with Crippen LogP contribution in [0.3, 0.4) is 0 Å². The van der Waals surface area contributed by atoms with Crippen LogP contribution in [0, 0.1) is 0 Å². The molecule has 0 bridgehead atoms. The minimum Gasteiger partial charge on any atom is -0.391 e. The summed E-state index contributed by atoms with van der Waals surface area (Å²) in [5, 5.41) is 13.0. The Morgan fingerprint density at radius 1 is 0.722 bits per heavy atom. The summed E-state index contributed by atoms with van der Waals surface area (Å²) < 4.78 is 31.9. The molecule has 2 atom stereocenters. The number of carbonyl (C=O) groups is 1. The van der Waals surface area contributed by atoms with Crippen molar-refractivity contribution in [2.24, 2.45) is 0 Å². The van der Waals surface area contributed by atoms with Crippen molar-refractivity contribution >= 4 is 16.0 Å². The molecule has 0 saturated heterocycles. The van der Waals surface area contributed by atoms with Gasteiger partial charge in [0.05, 0.1) is 17.9 Å². The molecule has 0 radical (unpaired) electrons. The average molecular weight is 532 g/mol. The molecule has 0 aliphatic carbocycles. The minimum absolute atomic E-state index is 0.262. The average Bonchev–Trinajstić information content (AvgIpc) is 2.82. The third kappa shape index (κ3) is 24.8. The molecule has 214 valence electrons. The van der Waals surface area contributed by atoms with Gasteiger partial charge in [-0.25, -0.2) is 0 Å². The fraction of sp³-hybridized carbons (Fsp3) is 0.897. The number of carbonyl (C=O) groups excluding carboxylic acids is 1. The Bertz CT molecular complexity index is 636. The van der Waals surface area contributed by atoms with E-state index in [4.69, 9.17) is 0 Å². The van der Waals surface area contributed by atoms with Crippen LogP contribution in [0.4, 0.5) is 0 Å². The van der Waals surface area contributed by atoms with Crippen molar-refractivity contribution in [3.8, 4) is 0 Å². The highest BCUT2D eigenvalue weighted by molar-refractivity contribution is 7.85. The Hall–Kier alpha value is -0.920. The lowest BCUT2D eigenvalue weighted by atomic mass is 10.0. The second kappa shape index (κ2) is 24.4. The molecule has 7 heteroatoms. The van der Waals surface area contributed by atoms with E-state index in [9.17, 15) is 22.9 Å². The van der Waals surface area contributed by atoms with Crippen LogP contribution in [-0.2, 0) is 14.9 Å². The molecule has 0 aliphatic rings. The van der Waals surface area contributed by atoms with Crippen LogP contribution in [0.25, 0.3) is 0 Å². The van der Waals surface area contributed by atoms with Gasteiger partial charge in [0.2, 0.25) is 5.91 Å². The normalized spacial score (nSPS) is 13.8. The number of hydrogen-bond acceptors (Lipinski definition) is 4. The van der Waals surface area contributed by atoms with Crippen molar-refractivity contribution in [2.45, 2.75) is 161 Å². The van der Waals surface area contributed by atoms with Crippen LogP contribution in [0.1, 0.15) is 149 Å². The molecule has 0 aromatic rings. The van der Waals surface area contributed by atoms with Crippen LogP contribution in [0.2, 0.25) is 0 Å². The van der Waals surface area contributed by atoms with Crippen LogP contribution >= 0.6 is 0 Å². The molecule has 2 unspecified atom stereocenters. The van der Waals surface area contributed by atoms with Crippen molar-refractivity contribution in [2.75, 3.05) is 5.75 Å². The van der Waals surface area contributed by atoms with Gasteiger partial charge in [0.15, 0.2) is 0 Å². The maximum atomic E-state index is 12.3. The fourth-order valence-corrected chi connectivity index (χ4v) is 5.21. The van der Waals surface area contributed by atoms with Gasteiger partial charge in [-0.05, 0) is 38.5 Å². The van der Waals surface area contributed by atoms with E-state index in [1.165, 1.54) is 57.8 Å². The summed E-state index contributed by atoms with van der Waals surface area (Å²) in [4.78, 5) is 12.3. The summed E-state index contributed by atoms with van der Waals surface area (Å²) in [5.41, 5.74) is 0. The quantitative estimate of drug-likeness (QED) is 0.0609. The predicted molar refractivity (Wildman–Crippen MR) is 152 cm³/mol. The Morgan fingerprint density at radius 3 is 1.67 bits per heavy atom. The molecule has 0 spiro atoms. The lowest BCUT2D eigenvalue weighted by Gasteiger charge is -2.23. The second-order valence-corrected chi connectivity index (χ2v) is 11.9. The first kappa shape index (κ1) is 35.1. The van der Waals surface area contributed by atoms with Crippen molar-refractivity contribution in [3.05, 3.63) is 12.2 Å². The van der Waals surface area contributed by atoms with Crippen LogP contribution < -0.4 is 5.32 Å². The number of unbranched alkanes of at least 4 members (excludes halogenated alkanes) is 16. The summed E-state index contributed by atoms with van der Waals surface area (Å²) in [6.07, 6.45) is 26.3. The smallest absolute Gasteiger partial charge is 0.266 e. The predicted octanol–water partition coefficient (Wildman–Crippen LogP) is 7.51. The molecule has 1 amide bonds. The molecule has 3 N–H and O–H groups in total. The standard InChI is InChI=1S/C29H57NO5S/c1-3-5-7-9-10-11-12-13-14-15-16-17-18-19-21-23-25-29(32)30-27(26-36(33,34)35)28(31)24-22-20-8-6-4-2/h14-15,27-28,31H,3-13,16-26H2,1-2H3,(H,30,32)(H,33,34,35)/b15-14-. The highest BCUT2D eigenvalue weighted by atomic mass is 32.2. The number of aliphatic hydroxyl groups is 1. The van der Waals surface area contributed by atoms with Gasteiger partial charge in [0.25, 0.3) is 10.1 Å². The van der Waals surface area contributed by atoms with E-state index in [-0.39, 0.29) is 5.91 Å². The van der Waals surface area contributed by atoms with Gasteiger partial charge >= 0.3 is 0 Å². The Labute approximate surface area is 222 Å². The van der Waals surface area contributed by atoms with Crippen molar-refractivity contribution in [3.63, 3.8) is 0 Å². The van der Waals surface area contributed by atoms with E-state index in [1.54, 1.807) is 0 Å². The first-order valence-electron chi connectivity index (χ1n) is 14.9. The highest BCUT2D eigenvalue weighted by Gasteiger charge is 2.25. The molecule has 36 heavy (non-hydrogen) atoms. The molecular weight excluding hydrogens is 474 g/mol. The number of nitrogens with one attached hydrogen (secondary N) is 1. The summed E-state index contributed by atoms with van der Waals surface area (Å²) in [5.74, 6) is -0.914. The maximum Gasteiger partial charge on any atom is 0.266 e. The SMILES string of the molecule is CCCCCCCCC/C=C\CCCCCCCC(=O)NC(CS(=O)(=O)O)C(O)CCCCCCC. The molecule has 0 heterocycles. The Balaban J connectivity index is 3.89. The topological polar surface area (TPSA) is 104 Å². The zero-order valence-electron chi connectivity index (χ0n) is 23.4. The van der Waals surface area contributed by atoms with Gasteiger partial charge in [-0.3, -0.25) is 9.35 Å². The maximum absolute atomic E-state index is 12.3. The van der Waals surface area contributed by atoms with Gasteiger partial charge in [-0.15, -0.1) is 0 Å². The largest absolute Gasteiger partial charge is 0.391 e.